The molecule has 5 rings (SSSR count). The molecule has 0 spiro atoms. The lowest BCUT2D eigenvalue weighted by molar-refractivity contribution is -0.137. The Bertz CT molecular complexity index is 1720. The zero-order chi connectivity index (χ0) is 30.7. The lowest BCUT2D eigenvalue weighted by Crippen LogP contribution is -2.31. The first-order valence-electron chi connectivity index (χ1n) is 12.9. The molecule has 4 aromatic rings. The third-order valence-electron chi connectivity index (χ3n) is 6.31. The summed E-state index contributed by atoms with van der Waals surface area (Å²) in [6.07, 6.45) is -1.58. The number of halogens is 4. The molecule has 3 amide bonds. The average molecular weight is 626 g/mol. The SMILES string of the molecule is CC(C)c1ccc(Cl)cc1N1C(=O)CS/C1=N\C(=O)N/N=C/c1ccc(-c2ncn(-c3ccc(C(F)(F)F)cc3)n2)cc1. The highest BCUT2D eigenvalue weighted by Crippen LogP contribution is 2.35. The molecule has 1 aromatic heterocycles. The lowest BCUT2D eigenvalue weighted by Gasteiger charge is -2.21. The molecule has 0 unspecified atom stereocenters. The van der Waals surface area contributed by atoms with Gasteiger partial charge in [0.15, 0.2) is 11.0 Å². The van der Waals surface area contributed by atoms with Crippen LogP contribution in [0.25, 0.3) is 17.1 Å². The largest absolute Gasteiger partial charge is 0.416 e. The molecule has 0 aliphatic carbocycles. The van der Waals surface area contributed by atoms with Crippen LogP contribution in [0.15, 0.2) is 83.2 Å². The summed E-state index contributed by atoms with van der Waals surface area (Å²) in [7, 11) is 0. The van der Waals surface area contributed by atoms with Gasteiger partial charge >= 0.3 is 12.2 Å². The summed E-state index contributed by atoms with van der Waals surface area (Å²) >= 11 is 7.34. The molecular formula is C29H23ClF3N7O2S. The summed E-state index contributed by atoms with van der Waals surface area (Å²) in [5.74, 6) is 0.426. The van der Waals surface area contributed by atoms with Crippen LogP contribution in [0.3, 0.4) is 0 Å². The fourth-order valence-corrected chi connectivity index (χ4v) is 5.22. The van der Waals surface area contributed by atoms with Gasteiger partial charge in [0.2, 0.25) is 5.91 Å². The number of urea groups is 1. The molecule has 220 valence electrons. The van der Waals surface area contributed by atoms with E-state index in [0.29, 0.717) is 33.3 Å². The molecule has 0 radical (unpaired) electrons. The number of carbonyl (C=O) groups is 2. The number of amidine groups is 1. The Morgan fingerprint density at radius 1 is 1.09 bits per heavy atom. The lowest BCUT2D eigenvalue weighted by atomic mass is 10.0. The zero-order valence-electron chi connectivity index (χ0n) is 22.7. The van der Waals surface area contributed by atoms with Crippen molar-refractivity contribution in [2.75, 3.05) is 10.7 Å². The van der Waals surface area contributed by atoms with Crippen LogP contribution < -0.4 is 10.3 Å². The molecule has 1 aliphatic rings. The van der Waals surface area contributed by atoms with E-state index in [9.17, 15) is 22.8 Å². The number of aliphatic imine (C=N–C) groups is 1. The quantitative estimate of drug-likeness (QED) is 0.185. The number of nitrogens with one attached hydrogen (secondary N) is 1. The maximum Gasteiger partial charge on any atom is 0.416 e. The summed E-state index contributed by atoms with van der Waals surface area (Å²) < 4.78 is 39.9. The highest BCUT2D eigenvalue weighted by molar-refractivity contribution is 8.15. The predicted octanol–water partition coefficient (Wildman–Crippen LogP) is 6.91. The van der Waals surface area contributed by atoms with Crippen molar-refractivity contribution in [3.8, 4) is 17.1 Å². The van der Waals surface area contributed by atoms with Gasteiger partial charge < -0.3 is 0 Å². The molecule has 0 bridgehead atoms. The van der Waals surface area contributed by atoms with Gasteiger partial charge in [-0.15, -0.1) is 5.10 Å². The molecule has 1 aliphatic heterocycles. The third-order valence-corrected chi connectivity index (χ3v) is 7.47. The van der Waals surface area contributed by atoms with E-state index in [1.807, 2.05) is 19.9 Å². The van der Waals surface area contributed by atoms with Crippen molar-refractivity contribution in [3.05, 3.63) is 94.8 Å². The topological polar surface area (TPSA) is 105 Å². The second kappa shape index (κ2) is 12.4. The normalized spacial score (nSPS) is 14.8. The number of rotatable bonds is 6. The van der Waals surface area contributed by atoms with Crippen molar-refractivity contribution in [1.29, 1.82) is 0 Å². The van der Waals surface area contributed by atoms with E-state index < -0.39 is 17.8 Å². The Morgan fingerprint density at radius 2 is 1.81 bits per heavy atom. The molecule has 43 heavy (non-hydrogen) atoms. The number of anilines is 1. The number of hydrazone groups is 1. The van der Waals surface area contributed by atoms with Gasteiger partial charge in [-0.3, -0.25) is 9.69 Å². The molecule has 3 aromatic carbocycles. The average Bonchev–Trinajstić information content (AvgIpc) is 3.60. The number of hydrogen-bond donors (Lipinski definition) is 1. The van der Waals surface area contributed by atoms with Crippen LogP contribution in [0.4, 0.5) is 23.7 Å². The van der Waals surface area contributed by atoms with E-state index in [4.69, 9.17) is 11.6 Å². The summed E-state index contributed by atoms with van der Waals surface area (Å²) in [5.41, 5.74) is 4.85. The fourth-order valence-electron chi connectivity index (χ4n) is 4.20. The summed E-state index contributed by atoms with van der Waals surface area (Å²) in [4.78, 5) is 34.9. The minimum Gasteiger partial charge on any atom is -0.273 e. The Hall–Kier alpha value is -4.49. The summed E-state index contributed by atoms with van der Waals surface area (Å²) in [6.45, 7) is 4.00. The number of aromatic nitrogens is 3. The van der Waals surface area contributed by atoms with Crippen LogP contribution >= 0.6 is 23.4 Å². The number of thioether (sulfide) groups is 1. The monoisotopic (exact) mass is 625 g/mol. The molecule has 14 heteroatoms. The van der Waals surface area contributed by atoms with E-state index in [1.54, 1.807) is 36.4 Å². The number of benzene rings is 3. The van der Waals surface area contributed by atoms with Gasteiger partial charge in [-0.05, 0) is 53.4 Å². The molecule has 2 heterocycles. The van der Waals surface area contributed by atoms with Gasteiger partial charge in [-0.1, -0.05) is 67.5 Å². The van der Waals surface area contributed by atoms with Gasteiger partial charge in [0.25, 0.3) is 0 Å². The molecule has 1 N–H and O–H groups in total. The van der Waals surface area contributed by atoms with Gasteiger partial charge in [-0.25, -0.2) is 19.9 Å². The van der Waals surface area contributed by atoms with Crippen molar-refractivity contribution in [3.63, 3.8) is 0 Å². The molecule has 1 fully saturated rings. The van der Waals surface area contributed by atoms with Crippen LogP contribution in [0.1, 0.15) is 36.5 Å². The number of alkyl halides is 3. The van der Waals surface area contributed by atoms with E-state index in [2.05, 4.69) is 25.6 Å². The molecule has 1 saturated heterocycles. The molecular weight excluding hydrogens is 603 g/mol. The molecule has 0 atom stereocenters. The second-order valence-electron chi connectivity index (χ2n) is 9.62. The van der Waals surface area contributed by atoms with Crippen molar-refractivity contribution < 1.29 is 22.8 Å². The maximum atomic E-state index is 12.8. The predicted molar refractivity (Wildman–Crippen MR) is 161 cm³/mol. The Labute approximate surface area is 253 Å². The summed E-state index contributed by atoms with van der Waals surface area (Å²) in [6, 6.07) is 16.1. The van der Waals surface area contributed by atoms with E-state index >= 15 is 0 Å². The number of nitrogens with zero attached hydrogens (tertiary/aromatic N) is 6. The maximum absolute atomic E-state index is 12.8. The van der Waals surface area contributed by atoms with Crippen LogP contribution in [-0.2, 0) is 11.0 Å². The fraction of sp³-hybridized carbons (Fsp3) is 0.172. The first kappa shape index (κ1) is 30.0. The van der Waals surface area contributed by atoms with E-state index in [-0.39, 0.29) is 22.7 Å². The Balaban J connectivity index is 1.23. The van der Waals surface area contributed by atoms with Gasteiger partial charge in [0.05, 0.1) is 28.9 Å². The first-order chi connectivity index (χ1) is 20.5. The number of hydrogen-bond acceptors (Lipinski definition) is 6. The molecule has 0 saturated carbocycles. The Kier molecular flexibility index (Phi) is 8.64. The number of amides is 3. The van der Waals surface area contributed by atoms with Crippen molar-refractivity contribution in [2.24, 2.45) is 10.1 Å². The standard InChI is InChI=1S/C29H23ClF3N7O2S/c1-17(2)23-12-9-21(30)13-24(23)40-25(41)15-43-28(40)36-27(42)37-35-14-18-3-5-19(6-4-18)26-34-16-39(38-26)22-10-7-20(8-11-22)29(31,32)33/h3-14,16-17H,15H2,1-2H3,(H,37,42)/b35-14+,36-28-. The van der Waals surface area contributed by atoms with Crippen molar-refractivity contribution in [1.82, 2.24) is 20.2 Å². The first-order valence-corrected chi connectivity index (χ1v) is 14.2. The smallest absolute Gasteiger partial charge is 0.273 e. The summed E-state index contributed by atoms with van der Waals surface area (Å²) in [5, 5.41) is 8.99. The highest BCUT2D eigenvalue weighted by Gasteiger charge is 2.33. The van der Waals surface area contributed by atoms with Crippen molar-refractivity contribution in [2.45, 2.75) is 25.9 Å². The third kappa shape index (κ3) is 6.95. The molecule has 9 nitrogen and oxygen atoms in total. The highest BCUT2D eigenvalue weighted by atomic mass is 35.5. The van der Waals surface area contributed by atoms with Crippen molar-refractivity contribution >= 4 is 52.4 Å². The Morgan fingerprint density at radius 3 is 2.49 bits per heavy atom. The minimum atomic E-state index is -4.42. The number of carbonyl (C=O) groups excluding carboxylic acids is 2. The zero-order valence-corrected chi connectivity index (χ0v) is 24.3. The van der Waals surface area contributed by atoms with E-state index in [0.717, 1.165) is 29.5 Å². The van der Waals surface area contributed by atoms with Gasteiger partial charge in [0, 0.05) is 10.6 Å². The van der Waals surface area contributed by atoms with E-state index in [1.165, 1.54) is 34.3 Å². The van der Waals surface area contributed by atoms with Gasteiger partial charge in [-0.2, -0.15) is 23.3 Å². The van der Waals surface area contributed by atoms with Crippen LogP contribution in [0.5, 0.6) is 0 Å². The van der Waals surface area contributed by atoms with Crippen LogP contribution in [0.2, 0.25) is 5.02 Å². The van der Waals surface area contributed by atoms with Crippen LogP contribution in [-0.4, -0.2) is 43.8 Å². The minimum absolute atomic E-state index is 0.113. The van der Waals surface area contributed by atoms with Gasteiger partial charge in [0.1, 0.15) is 6.33 Å². The second-order valence-corrected chi connectivity index (χ2v) is 11.0. The van der Waals surface area contributed by atoms with Crippen LogP contribution in [0, 0.1) is 0 Å².